The third-order valence-corrected chi connectivity index (χ3v) is 2.41. The van der Waals surface area contributed by atoms with Crippen LogP contribution in [0.3, 0.4) is 0 Å². The first-order valence-electron chi connectivity index (χ1n) is 5.41. The summed E-state index contributed by atoms with van der Waals surface area (Å²) in [5.74, 6) is -1.73. The molecule has 2 unspecified atom stereocenters. The number of carboxylic acids is 1. The van der Waals surface area contributed by atoms with Gasteiger partial charge >= 0.3 is 5.97 Å². The standard InChI is InChI=1S/C12H21NO4/c1-8(2)6-9(3)10(14)13-12(4,7-17-5)11(15)16/h9H,1,6-7H2,2-5H3,(H,13,14)(H,15,16). The number of carbonyl (C=O) groups excluding carboxylic acids is 1. The van der Waals surface area contributed by atoms with Gasteiger partial charge in [0.1, 0.15) is 0 Å². The Labute approximate surface area is 102 Å². The van der Waals surface area contributed by atoms with Crippen molar-refractivity contribution in [3.05, 3.63) is 12.2 Å². The highest BCUT2D eigenvalue weighted by Gasteiger charge is 2.35. The highest BCUT2D eigenvalue weighted by molar-refractivity contribution is 5.87. The number of allylic oxidation sites excluding steroid dienone is 1. The maximum absolute atomic E-state index is 11.8. The first kappa shape index (κ1) is 15.6. The van der Waals surface area contributed by atoms with Gasteiger partial charge in [-0.1, -0.05) is 12.5 Å². The van der Waals surface area contributed by atoms with Crippen LogP contribution in [0.4, 0.5) is 0 Å². The van der Waals surface area contributed by atoms with Gasteiger partial charge in [0.05, 0.1) is 6.61 Å². The largest absolute Gasteiger partial charge is 0.479 e. The molecular weight excluding hydrogens is 222 g/mol. The highest BCUT2D eigenvalue weighted by atomic mass is 16.5. The predicted molar refractivity (Wildman–Crippen MR) is 64.7 cm³/mol. The average Bonchev–Trinajstić information content (AvgIpc) is 2.16. The van der Waals surface area contributed by atoms with E-state index in [0.717, 1.165) is 5.57 Å². The normalized spacial score (nSPS) is 15.8. The molecule has 0 aromatic heterocycles. The van der Waals surface area contributed by atoms with E-state index in [1.807, 2.05) is 6.92 Å². The van der Waals surface area contributed by atoms with Crippen molar-refractivity contribution >= 4 is 11.9 Å². The van der Waals surface area contributed by atoms with Gasteiger partial charge in [0, 0.05) is 13.0 Å². The number of carbonyl (C=O) groups is 2. The van der Waals surface area contributed by atoms with Crippen molar-refractivity contribution in [1.82, 2.24) is 5.32 Å². The van der Waals surface area contributed by atoms with Gasteiger partial charge in [-0.25, -0.2) is 4.79 Å². The molecule has 2 atom stereocenters. The Balaban J connectivity index is 4.61. The van der Waals surface area contributed by atoms with Crippen LogP contribution in [-0.2, 0) is 14.3 Å². The average molecular weight is 243 g/mol. The summed E-state index contributed by atoms with van der Waals surface area (Å²) >= 11 is 0. The van der Waals surface area contributed by atoms with Gasteiger partial charge < -0.3 is 15.2 Å². The minimum absolute atomic E-state index is 0.0755. The third kappa shape index (κ3) is 4.99. The molecular formula is C12H21NO4. The first-order valence-corrected chi connectivity index (χ1v) is 5.41. The number of nitrogens with one attached hydrogen (secondary N) is 1. The molecule has 0 saturated heterocycles. The zero-order chi connectivity index (χ0) is 13.6. The Bertz CT molecular complexity index is 314. The maximum Gasteiger partial charge on any atom is 0.331 e. The zero-order valence-electron chi connectivity index (χ0n) is 10.9. The van der Waals surface area contributed by atoms with Crippen LogP contribution in [0.2, 0.25) is 0 Å². The van der Waals surface area contributed by atoms with E-state index in [0.29, 0.717) is 6.42 Å². The Hall–Kier alpha value is -1.36. The van der Waals surface area contributed by atoms with Gasteiger partial charge in [0.25, 0.3) is 0 Å². The molecule has 0 aromatic carbocycles. The van der Waals surface area contributed by atoms with Crippen molar-refractivity contribution in [2.24, 2.45) is 5.92 Å². The lowest BCUT2D eigenvalue weighted by Crippen LogP contribution is -2.56. The molecule has 0 fully saturated rings. The van der Waals surface area contributed by atoms with Gasteiger partial charge in [-0.15, -0.1) is 6.58 Å². The zero-order valence-corrected chi connectivity index (χ0v) is 10.9. The number of rotatable bonds is 7. The Morgan fingerprint density at radius 1 is 1.53 bits per heavy atom. The van der Waals surface area contributed by atoms with E-state index < -0.39 is 11.5 Å². The number of carboxylic acid groups (broad SMARTS) is 1. The molecule has 0 aromatic rings. The molecule has 5 heteroatoms. The Kier molecular flexibility index (Phi) is 5.88. The number of methoxy groups -OCH3 is 1. The second kappa shape index (κ2) is 6.39. The smallest absolute Gasteiger partial charge is 0.331 e. The van der Waals surface area contributed by atoms with Crippen LogP contribution in [0.1, 0.15) is 27.2 Å². The lowest BCUT2D eigenvalue weighted by atomic mass is 9.98. The van der Waals surface area contributed by atoms with Crippen molar-refractivity contribution in [3.63, 3.8) is 0 Å². The molecule has 98 valence electrons. The molecule has 2 N–H and O–H groups in total. The summed E-state index contributed by atoms with van der Waals surface area (Å²) in [6.07, 6.45) is 0.536. The molecule has 1 amide bonds. The summed E-state index contributed by atoms with van der Waals surface area (Å²) in [6.45, 7) is 8.63. The Morgan fingerprint density at radius 2 is 2.06 bits per heavy atom. The first-order chi connectivity index (χ1) is 7.73. The molecule has 0 rings (SSSR count). The van der Waals surface area contributed by atoms with Gasteiger partial charge in [-0.2, -0.15) is 0 Å². The summed E-state index contributed by atoms with van der Waals surface area (Å²) in [7, 11) is 1.39. The summed E-state index contributed by atoms with van der Waals surface area (Å²) < 4.78 is 4.82. The summed E-state index contributed by atoms with van der Waals surface area (Å²) in [4.78, 5) is 22.9. The topological polar surface area (TPSA) is 75.6 Å². The van der Waals surface area contributed by atoms with E-state index in [-0.39, 0.29) is 18.4 Å². The van der Waals surface area contributed by atoms with Gasteiger partial charge in [0.15, 0.2) is 5.54 Å². The molecule has 0 saturated carbocycles. The second-order valence-electron chi connectivity index (χ2n) is 4.62. The fraction of sp³-hybridized carbons (Fsp3) is 0.667. The predicted octanol–water partition coefficient (Wildman–Crippen LogP) is 1.19. The molecule has 17 heavy (non-hydrogen) atoms. The number of ether oxygens (including phenoxy) is 1. The van der Waals surface area contributed by atoms with Crippen LogP contribution >= 0.6 is 0 Å². The molecule has 0 spiro atoms. The fourth-order valence-corrected chi connectivity index (χ4v) is 1.45. The molecule has 0 radical (unpaired) electrons. The highest BCUT2D eigenvalue weighted by Crippen LogP contribution is 2.12. The van der Waals surface area contributed by atoms with E-state index in [9.17, 15) is 9.59 Å². The quantitative estimate of drug-likeness (QED) is 0.659. The third-order valence-electron chi connectivity index (χ3n) is 2.41. The van der Waals surface area contributed by atoms with E-state index in [4.69, 9.17) is 9.84 Å². The van der Waals surface area contributed by atoms with Crippen LogP contribution in [0.5, 0.6) is 0 Å². The monoisotopic (exact) mass is 243 g/mol. The molecule has 0 heterocycles. The van der Waals surface area contributed by atoms with Crippen LogP contribution < -0.4 is 5.32 Å². The number of amides is 1. The molecule has 0 aliphatic carbocycles. The molecule has 0 bridgehead atoms. The van der Waals surface area contributed by atoms with Gasteiger partial charge in [-0.05, 0) is 20.3 Å². The van der Waals surface area contributed by atoms with Crippen LogP contribution in [0.25, 0.3) is 0 Å². The minimum atomic E-state index is -1.39. The van der Waals surface area contributed by atoms with Gasteiger partial charge in [-0.3, -0.25) is 4.79 Å². The van der Waals surface area contributed by atoms with Crippen LogP contribution in [-0.4, -0.2) is 36.2 Å². The van der Waals surface area contributed by atoms with Crippen molar-refractivity contribution in [3.8, 4) is 0 Å². The maximum atomic E-state index is 11.8. The summed E-state index contributed by atoms with van der Waals surface area (Å²) in [6, 6.07) is 0. The van der Waals surface area contributed by atoms with Crippen LogP contribution in [0.15, 0.2) is 12.2 Å². The van der Waals surface area contributed by atoms with Crippen molar-refractivity contribution in [1.29, 1.82) is 0 Å². The van der Waals surface area contributed by atoms with Crippen molar-refractivity contribution < 1.29 is 19.4 Å². The minimum Gasteiger partial charge on any atom is -0.479 e. The number of hydrogen-bond donors (Lipinski definition) is 2. The lowest BCUT2D eigenvalue weighted by molar-refractivity contribution is -0.149. The van der Waals surface area contributed by atoms with Crippen LogP contribution in [0, 0.1) is 5.92 Å². The number of aliphatic carboxylic acids is 1. The molecule has 0 aliphatic rings. The lowest BCUT2D eigenvalue weighted by Gasteiger charge is -2.27. The van der Waals surface area contributed by atoms with E-state index in [1.54, 1.807) is 6.92 Å². The summed E-state index contributed by atoms with van der Waals surface area (Å²) in [5, 5.41) is 11.6. The molecule has 0 aliphatic heterocycles. The fourth-order valence-electron chi connectivity index (χ4n) is 1.45. The van der Waals surface area contributed by atoms with E-state index in [1.165, 1.54) is 14.0 Å². The molecule has 5 nitrogen and oxygen atoms in total. The van der Waals surface area contributed by atoms with E-state index >= 15 is 0 Å². The number of hydrogen-bond acceptors (Lipinski definition) is 3. The van der Waals surface area contributed by atoms with E-state index in [2.05, 4.69) is 11.9 Å². The summed E-state index contributed by atoms with van der Waals surface area (Å²) in [5.41, 5.74) is -0.508. The second-order valence-corrected chi connectivity index (χ2v) is 4.62. The van der Waals surface area contributed by atoms with Crippen molar-refractivity contribution in [2.75, 3.05) is 13.7 Å². The SMILES string of the molecule is C=C(C)CC(C)C(=O)NC(C)(COC)C(=O)O. The Morgan fingerprint density at radius 3 is 2.41 bits per heavy atom. The van der Waals surface area contributed by atoms with Crippen molar-refractivity contribution in [2.45, 2.75) is 32.7 Å². The van der Waals surface area contributed by atoms with Gasteiger partial charge in [0.2, 0.25) is 5.91 Å².